The Bertz CT molecular complexity index is 260. The predicted molar refractivity (Wildman–Crippen MR) is 45.2 cm³/mol. The van der Waals surface area contributed by atoms with Crippen LogP contribution in [0.2, 0.25) is 0 Å². The molecule has 0 fully saturated rings. The fraction of sp³-hybridized carbons (Fsp3) is 0.500. The van der Waals surface area contributed by atoms with Crippen molar-refractivity contribution in [3.63, 3.8) is 0 Å². The highest BCUT2D eigenvalue weighted by Gasteiger charge is 2.05. The van der Waals surface area contributed by atoms with Crippen molar-refractivity contribution in [2.75, 3.05) is 0 Å². The van der Waals surface area contributed by atoms with Crippen LogP contribution in [0, 0.1) is 6.92 Å². The molecule has 0 radical (unpaired) electrons. The summed E-state index contributed by atoms with van der Waals surface area (Å²) in [4.78, 5) is 4.18. The lowest BCUT2D eigenvalue weighted by molar-refractivity contribution is 0.524. The summed E-state index contributed by atoms with van der Waals surface area (Å²) in [7, 11) is 0. The lowest BCUT2D eigenvalue weighted by Crippen LogP contribution is -2.04. The van der Waals surface area contributed by atoms with E-state index in [0.29, 0.717) is 6.04 Å². The van der Waals surface area contributed by atoms with Crippen LogP contribution in [-0.4, -0.2) is 14.8 Å². The van der Waals surface area contributed by atoms with Gasteiger partial charge in [-0.1, -0.05) is 6.58 Å². The molecule has 1 aromatic rings. The molecule has 3 heteroatoms. The summed E-state index contributed by atoms with van der Waals surface area (Å²) >= 11 is 0. The van der Waals surface area contributed by atoms with Crippen LogP contribution < -0.4 is 0 Å². The van der Waals surface area contributed by atoms with E-state index in [4.69, 9.17) is 0 Å². The van der Waals surface area contributed by atoms with Gasteiger partial charge in [-0.15, -0.1) is 0 Å². The first kappa shape index (κ1) is 7.98. The van der Waals surface area contributed by atoms with Crippen molar-refractivity contribution < 1.29 is 0 Å². The van der Waals surface area contributed by atoms with Crippen LogP contribution in [0.1, 0.15) is 31.5 Å². The molecule has 1 rings (SSSR count). The maximum absolute atomic E-state index is 4.22. The summed E-state index contributed by atoms with van der Waals surface area (Å²) < 4.78 is 1.86. The zero-order valence-corrected chi connectivity index (χ0v) is 7.20. The predicted octanol–water partition coefficient (Wildman–Crippen LogP) is 1.81. The quantitative estimate of drug-likeness (QED) is 0.645. The van der Waals surface area contributed by atoms with E-state index in [9.17, 15) is 0 Å². The zero-order chi connectivity index (χ0) is 8.43. The van der Waals surface area contributed by atoms with Crippen LogP contribution in [0.25, 0.3) is 6.08 Å². The second kappa shape index (κ2) is 2.86. The normalized spacial score (nSPS) is 10.5. The van der Waals surface area contributed by atoms with E-state index in [0.717, 1.165) is 11.6 Å². The van der Waals surface area contributed by atoms with Crippen molar-refractivity contribution in [3.8, 4) is 0 Å². The van der Waals surface area contributed by atoms with E-state index >= 15 is 0 Å². The van der Waals surface area contributed by atoms with E-state index in [1.54, 1.807) is 6.08 Å². The standard InChI is InChI=1S/C8H13N3/c1-5-8-9-7(4)10-11(8)6(2)3/h5-6H,1H2,2-4H3. The smallest absolute Gasteiger partial charge is 0.150 e. The van der Waals surface area contributed by atoms with Crippen molar-refractivity contribution in [3.05, 3.63) is 18.2 Å². The second-order valence-electron chi connectivity index (χ2n) is 2.76. The second-order valence-corrected chi connectivity index (χ2v) is 2.76. The third-order valence-corrected chi connectivity index (χ3v) is 1.44. The molecular weight excluding hydrogens is 138 g/mol. The minimum atomic E-state index is 0.351. The molecular formula is C8H13N3. The molecule has 0 amide bonds. The first-order valence-electron chi connectivity index (χ1n) is 3.70. The highest BCUT2D eigenvalue weighted by Crippen LogP contribution is 2.07. The van der Waals surface area contributed by atoms with Crippen molar-refractivity contribution in [1.82, 2.24) is 14.8 Å². The lowest BCUT2D eigenvalue weighted by atomic mass is 10.4. The molecule has 0 saturated heterocycles. The molecule has 0 saturated carbocycles. The monoisotopic (exact) mass is 151 g/mol. The van der Waals surface area contributed by atoms with Crippen LogP contribution in [0.4, 0.5) is 0 Å². The average Bonchev–Trinajstić information content (AvgIpc) is 2.30. The summed E-state index contributed by atoms with van der Waals surface area (Å²) in [5.41, 5.74) is 0. The highest BCUT2D eigenvalue weighted by molar-refractivity contribution is 5.36. The van der Waals surface area contributed by atoms with Gasteiger partial charge in [0, 0.05) is 6.04 Å². The summed E-state index contributed by atoms with van der Waals surface area (Å²) in [5.74, 6) is 1.64. The molecule has 0 atom stereocenters. The van der Waals surface area contributed by atoms with Crippen LogP contribution in [0.5, 0.6) is 0 Å². The number of hydrogen-bond acceptors (Lipinski definition) is 2. The number of aromatic nitrogens is 3. The molecule has 0 unspecified atom stereocenters. The molecule has 3 nitrogen and oxygen atoms in total. The minimum Gasteiger partial charge on any atom is -0.244 e. The molecule has 0 aliphatic rings. The number of hydrogen-bond donors (Lipinski definition) is 0. The van der Waals surface area contributed by atoms with Gasteiger partial charge in [-0.05, 0) is 26.8 Å². The largest absolute Gasteiger partial charge is 0.244 e. The van der Waals surface area contributed by atoms with Gasteiger partial charge in [-0.25, -0.2) is 9.67 Å². The van der Waals surface area contributed by atoms with Crippen molar-refractivity contribution in [1.29, 1.82) is 0 Å². The molecule has 0 bridgehead atoms. The van der Waals surface area contributed by atoms with E-state index in [1.807, 2.05) is 11.6 Å². The third-order valence-electron chi connectivity index (χ3n) is 1.44. The third kappa shape index (κ3) is 1.48. The highest BCUT2D eigenvalue weighted by atomic mass is 15.4. The Morgan fingerprint density at radius 1 is 1.55 bits per heavy atom. The minimum absolute atomic E-state index is 0.351. The Morgan fingerprint density at radius 3 is 2.55 bits per heavy atom. The molecule has 11 heavy (non-hydrogen) atoms. The summed E-state index contributed by atoms with van der Waals surface area (Å²) in [6.45, 7) is 9.69. The maximum atomic E-state index is 4.22. The van der Waals surface area contributed by atoms with Gasteiger partial charge in [-0.3, -0.25) is 0 Å². The van der Waals surface area contributed by atoms with Crippen LogP contribution in [-0.2, 0) is 0 Å². The Balaban J connectivity index is 3.11. The molecule has 60 valence electrons. The molecule has 1 heterocycles. The summed E-state index contributed by atoms with van der Waals surface area (Å²) in [6.07, 6.45) is 1.72. The van der Waals surface area contributed by atoms with E-state index in [1.165, 1.54) is 0 Å². The Labute approximate surface area is 66.8 Å². The summed E-state index contributed by atoms with van der Waals surface area (Å²) in [5, 5.41) is 4.22. The van der Waals surface area contributed by atoms with Gasteiger partial charge in [0.15, 0.2) is 5.82 Å². The molecule has 0 aromatic carbocycles. The van der Waals surface area contributed by atoms with Crippen molar-refractivity contribution in [2.24, 2.45) is 0 Å². The fourth-order valence-electron chi connectivity index (χ4n) is 0.966. The summed E-state index contributed by atoms with van der Waals surface area (Å²) in [6, 6.07) is 0.351. The van der Waals surface area contributed by atoms with Crippen LogP contribution in [0.3, 0.4) is 0 Å². The Morgan fingerprint density at radius 2 is 2.18 bits per heavy atom. The maximum Gasteiger partial charge on any atom is 0.150 e. The average molecular weight is 151 g/mol. The molecule has 0 aliphatic heterocycles. The van der Waals surface area contributed by atoms with Gasteiger partial charge < -0.3 is 0 Å². The van der Waals surface area contributed by atoms with Crippen LogP contribution >= 0.6 is 0 Å². The Hall–Kier alpha value is -1.12. The lowest BCUT2D eigenvalue weighted by Gasteiger charge is -2.05. The van der Waals surface area contributed by atoms with Gasteiger partial charge in [0.05, 0.1) is 0 Å². The molecule has 0 aliphatic carbocycles. The Kier molecular flexibility index (Phi) is 2.08. The van der Waals surface area contributed by atoms with Gasteiger partial charge in [0.1, 0.15) is 5.82 Å². The zero-order valence-electron chi connectivity index (χ0n) is 7.20. The SMILES string of the molecule is C=Cc1nc(C)nn1C(C)C. The topological polar surface area (TPSA) is 30.7 Å². The van der Waals surface area contributed by atoms with Crippen LogP contribution in [0.15, 0.2) is 6.58 Å². The van der Waals surface area contributed by atoms with Crippen molar-refractivity contribution >= 4 is 6.08 Å². The van der Waals surface area contributed by atoms with E-state index in [2.05, 4.69) is 30.5 Å². The fourth-order valence-corrected chi connectivity index (χ4v) is 0.966. The first-order valence-corrected chi connectivity index (χ1v) is 3.70. The number of rotatable bonds is 2. The molecule has 0 spiro atoms. The first-order chi connectivity index (χ1) is 5.15. The number of aryl methyl sites for hydroxylation is 1. The van der Waals surface area contributed by atoms with Gasteiger partial charge in [-0.2, -0.15) is 5.10 Å². The van der Waals surface area contributed by atoms with E-state index < -0.39 is 0 Å². The molecule has 0 N–H and O–H groups in total. The van der Waals surface area contributed by atoms with Gasteiger partial charge >= 0.3 is 0 Å². The number of nitrogens with zero attached hydrogens (tertiary/aromatic N) is 3. The molecule has 1 aromatic heterocycles. The van der Waals surface area contributed by atoms with E-state index in [-0.39, 0.29) is 0 Å². The van der Waals surface area contributed by atoms with Gasteiger partial charge in [0.2, 0.25) is 0 Å². The van der Waals surface area contributed by atoms with Crippen molar-refractivity contribution in [2.45, 2.75) is 26.8 Å². The van der Waals surface area contributed by atoms with Gasteiger partial charge in [0.25, 0.3) is 0 Å².